The Kier molecular flexibility index (Phi) is 4.29. The Hall–Kier alpha value is -2.58. The van der Waals surface area contributed by atoms with Gasteiger partial charge in [0.05, 0.1) is 11.7 Å². The van der Waals surface area contributed by atoms with E-state index >= 15 is 0 Å². The second-order valence-electron chi connectivity index (χ2n) is 6.22. The van der Waals surface area contributed by atoms with Crippen molar-refractivity contribution in [2.24, 2.45) is 0 Å². The summed E-state index contributed by atoms with van der Waals surface area (Å²) in [6.07, 6.45) is 0. The average Bonchev–Trinajstić information content (AvgIpc) is 3.05. The highest BCUT2D eigenvalue weighted by Crippen LogP contribution is 2.30. The highest BCUT2D eigenvalue weighted by Gasteiger charge is 2.39. The van der Waals surface area contributed by atoms with Gasteiger partial charge in [-0.2, -0.15) is 9.29 Å². The monoisotopic (exact) mass is 373 g/mol. The molecule has 1 saturated heterocycles. The van der Waals surface area contributed by atoms with Crippen molar-refractivity contribution in [3.05, 3.63) is 71.9 Å². The van der Waals surface area contributed by atoms with Crippen LogP contribution < -0.4 is 0 Å². The summed E-state index contributed by atoms with van der Waals surface area (Å²) in [5.41, 5.74) is 1.40. The summed E-state index contributed by atoms with van der Waals surface area (Å²) in [7, 11) is -3.45. The zero-order valence-corrected chi connectivity index (χ0v) is 14.6. The Morgan fingerprint density at radius 1 is 1.08 bits per heavy atom. The smallest absolute Gasteiger partial charge is 0.232 e. The van der Waals surface area contributed by atoms with Crippen LogP contribution in [0.4, 0.5) is 4.39 Å². The first-order chi connectivity index (χ1) is 12.5. The molecule has 0 bridgehead atoms. The Labute approximate surface area is 150 Å². The molecule has 0 unspecified atom stereocenters. The Balaban J connectivity index is 1.40. The van der Waals surface area contributed by atoms with Crippen LogP contribution in [0.25, 0.3) is 11.4 Å². The molecule has 0 saturated carbocycles. The van der Waals surface area contributed by atoms with Crippen LogP contribution in [0.2, 0.25) is 0 Å². The highest BCUT2D eigenvalue weighted by molar-refractivity contribution is 7.88. The summed E-state index contributed by atoms with van der Waals surface area (Å²) < 4.78 is 44.5. The maximum absolute atomic E-state index is 12.9. The van der Waals surface area contributed by atoms with Gasteiger partial charge in [-0.05, 0) is 17.7 Å². The lowest BCUT2D eigenvalue weighted by atomic mass is 10.0. The number of benzene rings is 2. The molecule has 1 aliphatic rings. The minimum absolute atomic E-state index is 0.108. The lowest BCUT2D eigenvalue weighted by Gasteiger charge is -2.35. The van der Waals surface area contributed by atoms with Crippen LogP contribution in [0, 0.1) is 5.82 Å². The summed E-state index contributed by atoms with van der Waals surface area (Å²) in [5.74, 6) is 0.285. The van der Waals surface area contributed by atoms with E-state index in [9.17, 15) is 12.8 Å². The molecule has 0 spiro atoms. The molecule has 2 heterocycles. The second-order valence-corrected chi connectivity index (χ2v) is 8.19. The topological polar surface area (TPSA) is 76.3 Å². The highest BCUT2D eigenvalue weighted by atomic mass is 32.2. The molecule has 26 heavy (non-hydrogen) atoms. The summed E-state index contributed by atoms with van der Waals surface area (Å²) in [4.78, 5) is 4.37. The third kappa shape index (κ3) is 3.38. The summed E-state index contributed by atoms with van der Waals surface area (Å²) in [5, 5.41) is 3.96. The van der Waals surface area contributed by atoms with E-state index in [1.54, 1.807) is 0 Å². The van der Waals surface area contributed by atoms with Gasteiger partial charge in [0, 0.05) is 18.7 Å². The van der Waals surface area contributed by atoms with Crippen molar-refractivity contribution in [1.82, 2.24) is 14.4 Å². The first-order valence-electron chi connectivity index (χ1n) is 8.12. The Morgan fingerprint density at radius 3 is 2.46 bits per heavy atom. The fourth-order valence-electron chi connectivity index (χ4n) is 2.81. The molecule has 8 heteroatoms. The maximum Gasteiger partial charge on any atom is 0.232 e. The van der Waals surface area contributed by atoms with Crippen LogP contribution in [0.1, 0.15) is 17.4 Å². The predicted molar refractivity (Wildman–Crippen MR) is 93.1 cm³/mol. The molecule has 6 nitrogen and oxygen atoms in total. The SMILES string of the molecule is O=S(=O)(Cc1ccc(F)cc1)N1CC(c2nc(-c3ccccc3)no2)C1. The van der Waals surface area contributed by atoms with Crippen molar-refractivity contribution in [2.75, 3.05) is 13.1 Å². The van der Waals surface area contributed by atoms with E-state index in [0.29, 0.717) is 30.4 Å². The molecular weight excluding hydrogens is 357 g/mol. The van der Waals surface area contributed by atoms with E-state index in [1.165, 1.54) is 28.6 Å². The van der Waals surface area contributed by atoms with Gasteiger partial charge >= 0.3 is 0 Å². The zero-order valence-electron chi connectivity index (χ0n) is 13.7. The van der Waals surface area contributed by atoms with Crippen LogP contribution in [0.5, 0.6) is 0 Å². The van der Waals surface area contributed by atoms with Crippen LogP contribution >= 0.6 is 0 Å². The van der Waals surface area contributed by atoms with E-state index in [1.807, 2.05) is 30.3 Å². The zero-order chi connectivity index (χ0) is 18.1. The molecular formula is C18H16FN3O3S. The molecule has 3 aromatic rings. The van der Waals surface area contributed by atoms with E-state index < -0.39 is 10.0 Å². The lowest BCUT2D eigenvalue weighted by Crippen LogP contribution is -2.48. The first-order valence-corrected chi connectivity index (χ1v) is 9.73. The number of nitrogens with zero attached hydrogens (tertiary/aromatic N) is 3. The fraction of sp³-hybridized carbons (Fsp3) is 0.222. The molecule has 0 amide bonds. The van der Waals surface area contributed by atoms with Crippen LogP contribution in [0.3, 0.4) is 0 Å². The molecule has 0 atom stereocenters. The normalized spacial score (nSPS) is 15.7. The van der Waals surface area contributed by atoms with Crippen LogP contribution in [0.15, 0.2) is 59.1 Å². The van der Waals surface area contributed by atoms with Gasteiger partial charge in [0.15, 0.2) is 0 Å². The third-order valence-corrected chi connectivity index (χ3v) is 6.11. The van der Waals surface area contributed by atoms with Crippen molar-refractivity contribution in [3.63, 3.8) is 0 Å². The van der Waals surface area contributed by atoms with Crippen LogP contribution in [-0.4, -0.2) is 36.0 Å². The van der Waals surface area contributed by atoms with E-state index in [2.05, 4.69) is 10.1 Å². The van der Waals surface area contributed by atoms with E-state index in [4.69, 9.17) is 4.52 Å². The minimum atomic E-state index is -3.45. The number of aromatic nitrogens is 2. The molecule has 4 rings (SSSR count). The van der Waals surface area contributed by atoms with Gasteiger partial charge in [-0.25, -0.2) is 12.8 Å². The van der Waals surface area contributed by atoms with Gasteiger partial charge in [-0.3, -0.25) is 0 Å². The van der Waals surface area contributed by atoms with Crippen molar-refractivity contribution in [2.45, 2.75) is 11.7 Å². The standard InChI is InChI=1S/C18H16FN3O3S/c19-16-8-6-13(7-9-16)12-26(23,24)22-10-15(11-22)18-20-17(21-25-18)14-4-2-1-3-5-14/h1-9,15H,10-12H2. The number of hydrogen-bond acceptors (Lipinski definition) is 5. The van der Waals surface area contributed by atoms with Crippen molar-refractivity contribution in [1.29, 1.82) is 0 Å². The molecule has 0 N–H and O–H groups in total. The lowest BCUT2D eigenvalue weighted by molar-refractivity contribution is 0.216. The fourth-order valence-corrected chi connectivity index (χ4v) is 4.42. The van der Waals surface area contributed by atoms with Crippen molar-refractivity contribution in [3.8, 4) is 11.4 Å². The second kappa shape index (κ2) is 6.62. The molecule has 1 fully saturated rings. The largest absolute Gasteiger partial charge is 0.339 e. The van der Waals surface area contributed by atoms with Gasteiger partial charge in [-0.15, -0.1) is 0 Å². The Bertz CT molecular complexity index is 998. The van der Waals surface area contributed by atoms with Gasteiger partial charge < -0.3 is 4.52 Å². The molecule has 0 aliphatic carbocycles. The number of hydrogen-bond donors (Lipinski definition) is 0. The first kappa shape index (κ1) is 16.9. The van der Waals surface area contributed by atoms with Crippen molar-refractivity contribution >= 4 is 10.0 Å². The predicted octanol–water partition coefficient (Wildman–Crippen LogP) is 2.80. The van der Waals surface area contributed by atoms with Crippen molar-refractivity contribution < 1.29 is 17.3 Å². The molecule has 1 aromatic heterocycles. The van der Waals surface area contributed by atoms with Crippen LogP contribution in [-0.2, 0) is 15.8 Å². The van der Waals surface area contributed by atoms with E-state index in [0.717, 1.165) is 5.56 Å². The van der Waals surface area contributed by atoms with E-state index in [-0.39, 0.29) is 17.5 Å². The number of halogens is 1. The summed E-state index contributed by atoms with van der Waals surface area (Å²) in [6.45, 7) is 0.611. The van der Waals surface area contributed by atoms with Gasteiger partial charge in [0.25, 0.3) is 0 Å². The number of sulfonamides is 1. The summed E-state index contributed by atoms with van der Waals surface area (Å²) >= 11 is 0. The number of rotatable bonds is 5. The Morgan fingerprint density at radius 2 is 1.77 bits per heavy atom. The average molecular weight is 373 g/mol. The molecule has 2 aromatic carbocycles. The maximum atomic E-state index is 12.9. The summed E-state index contributed by atoms with van der Waals surface area (Å²) in [6, 6.07) is 14.9. The minimum Gasteiger partial charge on any atom is -0.339 e. The van der Waals surface area contributed by atoms with Gasteiger partial charge in [-0.1, -0.05) is 47.6 Å². The quantitative estimate of drug-likeness (QED) is 0.687. The molecule has 134 valence electrons. The van der Waals surface area contributed by atoms with Gasteiger partial charge in [0.1, 0.15) is 5.82 Å². The van der Waals surface area contributed by atoms with Gasteiger partial charge in [0.2, 0.25) is 21.7 Å². The third-order valence-electron chi connectivity index (χ3n) is 4.33. The molecule has 0 radical (unpaired) electrons. The molecule has 1 aliphatic heterocycles.